The summed E-state index contributed by atoms with van der Waals surface area (Å²) in [5, 5.41) is 0. The van der Waals surface area contributed by atoms with Crippen molar-refractivity contribution >= 4 is 23.2 Å². The molecule has 0 saturated carbocycles. The van der Waals surface area contributed by atoms with Gasteiger partial charge in [-0.15, -0.1) is 0 Å². The monoisotopic (exact) mass is 402 g/mol. The maximum absolute atomic E-state index is 13.4. The minimum absolute atomic E-state index is 0.205. The zero-order valence-electron chi connectivity index (χ0n) is 17.7. The zero-order valence-corrected chi connectivity index (χ0v) is 17.7. The Morgan fingerprint density at radius 1 is 0.600 bits per heavy atom. The summed E-state index contributed by atoms with van der Waals surface area (Å²) in [5.74, 6) is -0.684. The summed E-state index contributed by atoms with van der Waals surface area (Å²) in [6, 6.07) is 18.2. The molecule has 0 radical (unpaired) electrons. The number of rotatable bonds is 7. The standard InChI is InChI=1S/C25H26N2O3/c1-26(2)23(28)17-15-21(19-11-7-5-8-12-19)22(16-18-24(29)27(3)4)25(30)20-13-9-6-10-14-20/h5-18H,1-4H3/b17-15+,18-16+,22-21+. The average molecular weight is 402 g/mol. The van der Waals surface area contributed by atoms with Crippen molar-refractivity contribution in [2.45, 2.75) is 0 Å². The minimum atomic E-state index is -0.242. The second kappa shape index (κ2) is 10.7. The highest BCUT2D eigenvalue weighted by Crippen LogP contribution is 2.24. The van der Waals surface area contributed by atoms with Gasteiger partial charge < -0.3 is 9.80 Å². The predicted octanol–water partition coefficient (Wildman–Crippen LogP) is 3.61. The van der Waals surface area contributed by atoms with Gasteiger partial charge in [-0.2, -0.15) is 0 Å². The van der Waals surface area contributed by atoms with Crippen molar-refractivity contribution in [3.05, 3.63) is 102 Å². The van der Waals surface area contributed by atoms with Crippen LogP contribution in [0.2, 0.25) is 0 Å². The van der Waals surface area contributed by atoms with E-state index in [0.29, 0.717) is 16.7 Å². The number of hydrogen-bond acceptors (Lipinski definition) is 3. The van der Waals surface area contributed by atoms with Gasteiger partial charge in [-0.1, -0.05) is 60.7 Å². The van der Waals surface area contributed by atoms with Crippen molar-refractivity contribution in [2.75, 3.05) is 28.2 Å². The number of Topliss-reactive ketones (excluding diaryl/α,β-unsaturated/α-hetero) is 1. The largest absolute Gasteiger partial charge is 0.345 e. The van der Waals surface area contributed by atoms with Gasteiger partial charge in [-0.25, -0.2) is 0 Å². The summed E-state index contributed by atoms with van der Waals surface area (Å²) in [5.41, 5.74) is 2.14. The Bertz CT molecular complexity index is 986. The fraction of sp³-hybridized carbons (Fsp3) is 0.160. The lowest BCUT2D eigenvalue weighted by Crippen LogP contribution is -2.19. The molecule has 0 aromatic heterocycles. The Labute approximate surface area is 177 Å². The first kappa shape index (κ1) is 22.6. The molecule has 2 rings (SSSR count). The summed E-state index contributed by atoms with van der Waals surface area (Å²) in [4.78, 5) is 40.5. The van der Waals surface area contributed by atoms with Crippen LogP contribution in [0.15, 0.2) is 90.5 Å². The molecule has 0 fully saturated rings. The fourth-order valence-electron chi connectivity index (χ4n) is 2.60. The van der Waals surface area contributed by atoms with E-state index in [2.05, 4.69) is 0 Å². The van der Waals surface area contributed by atoms with Gasteiger partial charge in [0.1, 0.15) is 0 Å². The van der Waals surface area contributed by atoms with Crippen LogP contribution in [-0.2, 0) is 9.59 Å². The van der Waals surface area contributed by atoms with E-state index in [1.165, 1.54) is 28.0 Å². The number of benzene rings is 2. The second-order valence-electron chi connectivity index (χ2n) is 7.02. The molecule has 0 unspecified atom stereocenters. The quantitative estimate of drug-likeness (QED) is 0.404. The van der Waals surface area contributed by atoms with Crippen LogP contribution in [0.5, 0.6) is 0 Å². The summed E-state index contributed by atoms with van der Waals surface area (Å²) >= 11 is 0. The van der Waals surface area contributed by atoms with E-state index >= 15 is 0 Å². The van der Waals surface area contributed by atoms with E-state index in [4.69, 9.17) is 0 Å². The molecule has 0 saturated heterocycles. The molecule has 0 atom stereocenters. The Hall–Kier alpha value is -3.73. The van der Waals surface area contributed by atoms with Crippen molar-refractivity contribution in [3.8, 4) is 0 Å². The average Bonchev–Trinajstić information content (AvgIpc) is 2.76. The lowest BCUT2D eigenvalue weighted by atomic mass is 9.93. The number of ketones is 1. The third-order valence-corrected chi connectivity index (χ3v) is 4.32. The Morgan fingerprint density at radius 3 is 1.50 bits per heavy atom. The molecule has 5 heteroatoms. The van der Waals surface area contributed by atoms with Crippen LogP contribution in [-0.4, -0.2) is 55.6 Å². The van der Waals surface area contributed by atoms with Crippen molar-refractivity contribution in [1.82, 2.24) is 9.80 Å². The number of nitrogens with zero attached hydrogens (tertiary/aromatic N) is 2. The molecule has 154 valence electrons. The molecule has 5 nitrogen and oxygen atoms in total. The summed E-state index contributed by atoms with van der Waals surface area (Å²) in [7, 11) is 6.60. The van der Waals surface area contributed by atoms with Crippen LogP contribution in [0.3, 0.4) is 0 Å². The van der Waals surface area contributed by atoms with E-state index in [1.54, 1.807) is 58.5 Å². The number of amides is 2. The molecule has 0 aliphatic rings. The lowest BCUT2D eigenvalue weighted by molar-refractivity contribution is -0.124. The van der Waals surface area contributed by atoms with E-state index < -0.39 is 0 Å². The van der Waals surface area contributed by atoms with E-state index in [-0.39, 0.29) is 17.6 Å². The van der Waals surface area contributed by atoms with Crippen molar-refractivity contribution in [2.24, 2.45) is 0 Å². The normalized spacial score (nSPS) is 12.0. The smallest absolute Gasteiger partial charge is 0.246 e. The maximum atomic E-state index is 13.4. The van der Waals surface area contributed by atoms with Crippen LogP contribution in [0, 0.1) is 0 Å². The van der Waals surface area contributed by atoms with Crippen molar-refractivity contribution in [1.29, 1.82) is 0 Å². The van der Waals surface area contributed by atoms with Gasteiger partial charge in [0.05, 0.1) is 0 Å². The number of carbonyl (C=O) groups excluding carboxylic acids is 3. The van der Waals surface area contributed by atoms with Gasteiger partial charge in [0.25, 0.3) is 0 Å². The highest BCUT2D eigenvalue weighted by Gasteiger charge is 2.16. The zero-order chi connectivity index (χ0) is 22.1. The molecule has 0 aliphatic carbocycles. The first-order valence-electron chi connectivity index (χ1n) is 9.49. The molecule has 30 heavy (non-hydrogen) atoms. The second-order valence-corrected chi connectivity index (χ2v) is 7.02. The SMILES string of the molecule is CN(C)C(=O)/C=C/C(C(=O)c1ccccc1)=C(/C=C/C(=O)N(C)C)c1ccccc1. The van der Waals surface area contributed by atoms with Crippen LogP contribution < -0.4 is 0 Å². The molecule has 2 aromatic carbocycles. The van der Waals surface area contributed by atoms with Gasteiger partial charge in [0, 0.05) is 51.5 Å². The van der Waals surface area contributed by atoms with E-state index in [0.717, 1.165) is 5.56 Å². The predicted molar refractivity (Wildman–Crippen MR) is 120 cm³/mol. The van der Waals surface area contributed by atoms with Gasteiger partial charge >= 0.3 is 0 Å². The number of likely N-dealkylation sites (N-methyl/N-ethyl adjacent to an activating group) is 2. The topological polar surface area (TPSA) is 57.7 Å². The van der Waals surface area contributed by atoms with E-state index in [1.807, 2.05) is 36.4 Å². The first-order chi connectivity index (χ1) is 14.3. The van der Waals surface area contributed by atoms with Crippen LogP contribution >= 0.6 is 0 Å². The van der Waals surface area contributed by atoms with Crippen LogP contribution in [0.1, 0.15) is 15.9 Å². The maximum Gasteiger partial charge on any atom is 0.246 e. The highest BCUT2D eigenvalue weighted by molar-refractivity contribution is 6.17. The van der Waals surface area contributed by atoms with Crippen LogP contribution in [0.25, 0.3) is 5.57 Å². The number of carbonyl (C=O) groups is 3. The molecular weight excluding hydrogens is 376 g/mol. The summed E-state index contributed by atoms with van der Waals surface area (Å²) in [6.45, 7) is 0. The van der Waals surface area contributed by atoms with Gasteiger partial charge in [-0.05, 0) is 23.3 Å². The molecule has 0 aliphatic heterocycles. The highest BCUT2D eigenvalue weighted by atomic mass is 16.2. The Morgan fingerprint density at radius 2 is 1.03 bits per heavy atom. The van der Waals surface area contributed by atoms with Gasteiger partial charge in [-0.3, -0.25) is 14.4 Å². The fourth-order valence-corrected chi connectivity index (χ4v) is 2.60. The molecular formula is C25H26N2O3. The Balaban J connectivity index is 2.71. The van der Waals surface area contributed by atoms with Gasteiger partial charge in [0.2, 0.25) is 11.8 Å². The lowest BCUT2D eigenvalue weighted by Gasteiger charge is -2.12. The Kier molecular flexibility index (Phi) is 8.06. The van der Waals surface area contributed by atoms with Crippen molar-refractivity contribution < 1.29 is 14.4 Å². The third kappa shape index (κ3) is 6.14. The van der Waals surface area contributed by atoms with Crippen LogP contribution in [0.4, 0.5) is 0 Å². The molecule has 0 bridgehead atoms. The van der Waals surface area contributed by atoms with Gasteiger partial charge in [0.15, 0.2) is 5.78 Å². The first-order valence-corrected chi connectivity index (χ1v) is 9.49. The third-order valence-electron chi connectivity index (χ3n) is 4.32. The molecule has 0 N–H and O–H groups in total. The molecule has 0 heterocycles. The summed E-state index contributed by atoms with van der Waals surface area (Å²) in [6.07, 6.45) is 5.92. The van der Waals surface area contributed by atoms with E-state index in [9.17, 15) is 14.4 Å². The molecule has 0 spiro atoms. The summed E-state index contributed by atoms with van der Waals surface area (Å²) < 4.78 is 0. The minimum Gasteiger partial charge on any atom is -0.345 e. The van der Waals surface area contributed by atoms with Crippen molar-refractivity contribution in [3.63, 3.8) is 0 Å². The number of hydrogen-bond donors (Lipinski definition) is 0. The number of allylic oxidation sites excluding steroid dienone is 4. The molecule has 2 aromatic rings. The molecule has 2 amide bonds.